The van der Waals surface area contributed by atoms with E-state index in [4.69, 9.17) is 9.47 Å². The van der Waals surface area contributed by atoms with E-state index in [9.17, 15) is 33.6 Å². The molecule has 3 aromatic carbocycles. The van der Waals surface area contributed by atoms with Gasteiger partial charge in [-0.15, -0.1) is 0 Å². The van der Waals surface area contributed by atoms with E-state index in [1.165, 1.54) is 5.56 Å². The number of benzene rings is 3. The van der Waals surface area contributed by atoms with Crippen LogP contribution in [-0.2, 0) is 30.4 Å². The molecule has 2 aliphatic carbocycles. The lowest BCUT2D eigenvalue weighted by Crippen LogP contribution is -2.58. The van der Waals surface area contributed by atoms with Crippen LogP contribution in [0.2, 0.25) is 0 Å². The van der Waals surface area contributed by atoms with E-state index in [1.807, 2.05) is 36.4 Å². The molecule has 5 N–H and O–H groups in total. The van der Waals surface area contributed by atoms with Crippen LogP contribution in [-0.4, -0.2) is 108 Å². The first kappa shape index (κ1) is 47.2. The molecular formula is C51H63N7O9. The van der Waals surface area contributed by atoms with E-state index in [0.717, 1.165) is 81.1 Å². The fourth-order valence-electron chi connectivity index (χ4n) is 10.3. The fraction of sp³-hybridized carbons (Fsp3) is 0.510. The van der Waals surface area contributed by atoms with Gasteiger partial charge >= 0.3 is 0 Å². The van der Waals surface area contributed by atoms with Gasteiger partial charge in [-0.25, -0.2) is 0 Å². The number of carbonyl (C=O) groups excluding carboxylic acids is 7. The topological polar surface area (TPSA) is 205 Å². The molecule has 67 heavy (non-hydrogen) atoms. The average molecular weight is 918 g/mol. The van der Waals surface area contributed by atoms with Crippen molar-refractivity contribution in [1.82, 2.24) is 31.1 Å². The summed E-state index contributed by atoms with van der Waals surface area (Å²) in [5.74, 6) is -1.74. The van der Waals surface area contributed by atoms with Crippen molar-refractivity contribution in [2.45, 2.75) is 133 Å². The second-order valence-corrected chi connectivity index (χ2v) is 18.5. The van der Waals surface area contributed by atoms with Gasteiger partial charge in [0.1, 0.15) is 35.7 Å². The van der Waals surface area contributed by atoms with Crippen LogP contribution in [0, 0.1) is 5.92 Å². The number of unbranched alkanes of at least 4 members (excludes halogenated alkanes) is 2. The van der Waals surface area contributed by atoms with Gasteiger partial charge in [0.2, 0.25) is 29.5 Å². The molecule has 0 spiro atoms. The number of carbonyl (C=O) groups is 7. The molecule has 3 aliphatic heterocycles. The summed E-state index contributed by atoms with van der Waals surface area (Å²) in [6, 6.07) is 17.3. The van der Waals surface area contributed by atoms with Gasteiger partial charge in [0.05, 0.1) is 36.4 Å². The molecule has 1 unspecified atom stereocenters. The summed E-state index contributed by atoms with van der Waals surface area (Å²) in [6.45, 7) is 2.93. The molecule has 3 heterocycles. The molecule has 0 aromatic heterocycles. The first-order chi connectivity index (χ1) is 32.5. The Morgan fingerprint density at radius 3 is 2.43 bits per heavy atom. The summed E-state index contributed by atoms with van der Waals surface area (Å²) in [4.78, 5) is 95.8. The highest BCUT2D eigenvalue weighted by atomic mass is 16.5. The Morgan fingerprint density at radius 2 is 1.63 bits per heavy atom. The van der Waals surface area contributed by atoms with Gasteiger partial charge in [-0.3, -0.25) is 43.8 Å². The minimum Gasteiger partial charge on any atom is -0.493 e. The third-order valence-electron chi connectivity index (χ3n) is 14.0. The van der Waals surface area contributed by atoms with Gasteiger partial charge < -0.3 is 35.6 Å². The molecule has 356 valence electrons. The number of likely N-dealkylation sites (tertiary alicyclic amines) is 1. The predicted molar refractivity (Wildman–Crippen MR) is 249 cm³/mol. The minimum absolute atomic E-state index is 0.0321. The third-order valence-corrected chi connectivity index (χ3v) is 14.0. The molecule has 8 rings (SSSR count). The number of fused-ring (bicyclic) bond motifs is 2. The molecule has 0 bridgehead atoms. The molecule has 3 fully saturated rings. The van der Waals surface area contributed by atoms with Crippen molar-refractivity contribution in [3.8, 4) is 11.5 Å². The van der Waals surface area contributed by atoms with E-state index >= 15 is 0 Å². The van der Waals surface area contributed by atoms with Crippen molar-refractivity contribution in [1.29, 1.82) is 0 Å². The Bertz CT molecular complexity index is 2350. The van der Waals surface area contributed by atoms with Crippen LogP contribution in [0.25, 0.3) is 0 Å². The Labute approximate surface area is 391 Å². The molecular weight excluding hydrogens is 855 g/mol. The standard InChI is InChI=1S/C51H63N7O9/c1-31(52-2)46(60)56-45(33-15-5-3-6-16-33)51(65)57-30-36(29-42(57)48(62)54-39-22-11-17-32-14-7-8-20-37(32)39)67-35-19-12-18-34(28-35)66-27-10-4-9-26-53-40-23-13-21-38-44(40)50(64)58(49(38)63)41-24-25-43(59)55-47(41)61/h7-8,12-14,18-21,23,28,31,33,36,39,41-42,45,52-53H,3-6,9-11,15-17,22,24-27,29-30H2,1-2H3,(H,54,62)(H,56,60)(H,55,59,61)/t31-,36-,39+,41?,42-,45-/m0/s1. The summed E-state index contributed by atoms with van der Waals surface area (Å²) < 4.78 is 12.7. The number of aryl methyl sites for hydroxylation is 1. The van der Waals surface area contributed by atoms with Crippen LogP contribution in [0.4, 0.5) is 5.69 Å². The lowest BCUT2D eigenvalue weighted by Gasteiger charge is -2.35. The highest BCUT2D eigenvalue weighted by molar-refractivity contribution is 6.25. The maximum absolute atomic E-state index is 14.8. The van der Waals surface area contributed by atoms with Crippen molar-refractivity contribution in [3.63, 3.8) is 0 Å². The number of hydrogen-bond acceptors (Lipinski definition) is 11. The second-order valence-electron chi connectivity index (χ2n) is 18.5. The number of nitrogens with one attached hydrogen (secondary N) is 5. The molecule has 16 nitrogen and oxygen atoms in total. The van der Waals surface area contributed by atoms with Crippen molar-refractivity contribution in [2.75, 3.05) is 32.1 Å². The van der Waals surface area contributed by atoms with Crippen LogP contribution in [0.1, 0.15) is 128 Å². The maximum Gasteiger partial charge on any atom is 0.264 e. The molecule has 16 heteroatoms. The van der Waals surface area contributed by atoms with Crippen LogP contribution in [0.15, 0.2) is 66.7 Å². The first-order valence-corrected chi connectivity index (χ1v) is 24.1. The minimum atomic E-state index is -1.03. The van der Waals surface area contributed by atoms with E-state index in [-0.39, 0.29) is 66.6 Å². The van der Waals surface area contributed by atoms with Gasteiger partial charge in [-0.1, -0.05) is 55.7 Å². The number of hydrogen-bond donors (Lipinski definition) is 5. The van der Waals surface area contributed by atoms with Crippen molar-refractivity contribution >= 4 is 47.0 Å². The highest BCUT2D eigenvalue weighted by Crippen LogP contribution is 2.35. The lowest BCUT2D eigenvalue weighted by atomic mass is 9.83. The fourth-order valence-corrected chi connectivity index (χ4v) is 10.3. The number of rotatable bonds is 18. The number of nitrogens with zero attached hydrogens (tertiary/aromatic N) is 2. The summed E-state index contributed by atoms with van der Waals surface area (Å²) in [7, 11) is 1.71. The van der Waals surface area contributed by atoms with Crippen LogP contribution < -0.4 is 36.1 Å². The van der Waals surface area contributed by atoms with Crippen molar-refractivity contribution in [2.24, 2.45) is 5.92 Å². The van der Waals surface area contributed by atoms with Crippen molar-refractivity contribution < 1.29 is 43.0 Å². The Hall–Kier alpha value is -6.29. The average Bonchev–Trinajstić information content (AvgIpc) is 3.88. The SMILES string of the molecule is CN[C@@H](C)C(=O)N[C@H](C(=O)N1C[C@@H](Oc2cccc(OCCCCCNc3cccc4c3C(=O)N(C3CCC(=O)NC3=O)C4=O)c2)C[C@H]1C(=O)N[C@@H]1CCCc2ccccc21)C1CCCCC1. The van der Waals surface area contributed by atoms with Crippen LogP contribution in [0.3, 0.4) is 0 Å². The van der Waals surface area contributed by atoms with Gasteiger partial charge in [0, 0.05) is 31.1 Å². The van der Waals surface area contributed by atoms with E-state index in [1.54, 1.807) is 37.1 Å². The summed E-state index contributed by atoms with van der Waals surface area (Å²) >= 11 is 0. The van der Waals surface area contributed by atoms with E-state index < -0.39 is 53.9 Å². The monoisotopic (exact) mass is 917 g/mol. The summed E-state index contributed by atoms with van der Waals surface area (Å²) in [5.41, 5.74) is 3.32. The smallest absolute Gasteiger partial charge is 0.264 e. The molecule has 0 radical (unpaired) electrons. The van der Waals surface area contributed by atoms with E-state index in [2.05, 4.69) is 38.7 Å². The third kappa shape index (κ3) is 10.8. The maximum atomic E-state index is 14.8. The summed E-state index contributed by atoms with van der Waals surface area (Å²) in [6.07, 6.45) is 9.70. The zero-order chi connectivity index (χ0) is 47.0. The molecule has 5 aliphatic rings. The quantitative estimate of drug-likeness (QED) is 0.0852. The number of anilines is 1. The number of likely N-dealkylation sites (N-methyl/N-ethyl adjacent to an activating group) is 1. The van der Waals surface area contributed by atoms with Gasteiger partial charge in [-0.05, 0) is 113 Å². The van der Waals surface area contributed by atoms with E-state index in [0.29, 0.717) is 30.3 Å². The van der Waals surface area contributed by atoms with Crippen LogP contribution >= 0.6 is 0 Å². The normalized spacial score (nSPS) is 22.6. The van der Waals surface area contributed by atoms with Gasteiger partial charge in [0.25, 0.3) is 11.8 Å². The number of piperidine rings is 1. The Morgan fingerprint density at radius 1 is 0.836 bits per heavy atom. The largest absolute Gasteiger partial charge is 0.493 e. The Balaban J connectivity index is 0.866. The molecule has 3 aromatic rings. The Kier molecular flexibility index (Phi) is 15.2. The molecule has 1 saturated carbocycles. The number of amides is 7. The highest BCUT2D eigenvalue weighted by Gasteiger charge is 2.47. The predicted octanol–water partition coefficient (Wildman–Crippen LogP) is 4.96. The van der Waals surface area contributed by atoms with Crippen LogP contribution in [0.5, 0.6) is 11.5 Å². The zero-order valence-corrected chi connectivity index (χ0v) is 38.5. The van der Waals surface area contributed by atoms with Gasteiger partial charge in [0.15, 0.2) is 0 Å². The zero-order valence-electron chi connectivity index (χ0n) is 38.5. The van der Waals surface area contributed by atoms with Gasteiger partial charge in [-0.2, -0.15) is 0 Å². The molecule has 7 amide bonds. The first-order valence-electron chi connectivity index (χ1n) is 24.1. The number of imide groups is 2. The summed E-state index contributed by atoms with van der Waals surface area (Å²) in [5, 5.41) is 14.9. The molecule has 6 atom stereocenters. The van der Waals surface area contributed by atoms with Crippen molar-refractivity contribution in [3.05, 3.63) is 89.0 Å². The lowest BCUT2D eigenvalue weighted by molar-refractivity contribution is -0.143. The second kappa shape index (κ2) is 21.6. The molecule has 2 saturated heterocycles. The number of ether oxygens (including phenoxy) is 2.